The van der Waals surface area contributed by atoms with E-state index in [0.717, 1.165) is 59.8 Å². The molecular weight excluding hydrogens is 438 g/mol. The van der Waals surface area contributed by atoms with Crippen molar-refractivity contribution in [3.05, 3.63) is 56.1 Å². The van der Waals surface area contributed by atoms with Crippen LogP contribution in [0.1, 0.15) is 29.7 Å². The van der Waals surface area contributed by atoms with Crippen LogP contribution in [0.25, 0.3) is 10.6 Å². The highest BCUT2D eigenvalue weighted by molar-refractivity contribution is 7.91. The Bertz CT molecular complexity index is 1140. The van der Waals surface area contributed by atoms with Crippen LogP contribution in [-0.2, 0) is 22.8 Å². The molecule has 0 saturated carbocycles. The lowest BCUT2D eigenvalue weighted by Crippen LogP contribution is -2.34. The lowest BCUT2D eigenvalue weighted by molar-refractivity contribution is 0.172. The largest absolute Gasteiger partial charge is 0.329 e. The molecule has 0 amide bonds. The van der Waals surface area contributed by atoms with Crippen molar-refractivity contribution in [2.75, 3.05) is 19.3 Å². The molecule has 160 valence electrons. The number of aryl methyl sites for hydroxylation is 1. The normalized spacial score (nSPS) is 16.2. The van der Waals surface area contributed by atoms with E-state index in [1.54, 1.807) is 17.8 Å². The van der Waals surface area contributed by atoms with Crippen molar-refractivity contribution in [1.82, 2.24) is 14.9 Å². The Morgan fingerprint density at radius 2 is 2.07 bits per heavy atom. The maximum absolute atomic E-state index is 12.2. The third-order valence-electron chi connectivity index (χ3n) is 5.66. The Kier molecular flexibility index (Phi) is 6.52. The number of hydrogen-bond acceptors (Lipinski definition) is 7. The molecule has 0 unspecified atom stereocenters. The number of H-pyrrole nitrogens is 1. The molecule has 0 aromatic carbocycles. The number of thiophene rings is 1. The third kappa shape index (κ3) is 4.91. The van der Waals surface area contributed by atoms with E-state index in [1.807, 2.05) is 17.5 Å². The first-order valence-corrected chi connectivity index (χ1v) is 13.7. The van der Waals surface area contributed by atoms with Gasteiger partial charge < -0.3 is 4.98 Å². The molecule has 0 radical (unpaired) electrons. The Morgan fingerprint density at radius 1 is 1.27 bits per heavy atom. The average molecular weight is 464 g/mol. The lowest BCUT2D eigenvalue weighted by atomic mass is 9.91. The number of nitrogens with one attached hydrogen (secondary N) is 1. The third-order valence-corrected chi connectivity index (χ3v) is 8.77. The summed E-state index contributed by atoms with van der Waals surface area (Å²) in [5.41, 5.74) is 1.61. The summed E-state index contributed by atoms with van der Waals surface area (Å²) >= 11 is 3.02. The van der Waals surface area contributed by atoms with E-state index in [4.69, 9.17) is 0 Å². The Labute approximate surface area is 184 Å². The van der Waals surface area contributed by atoms with Gasteiger partial charge in [0.15, 0.2) is 9.84 Å². The first-order chi connectivity index (χ1) is 14.4. The number of sulfone groups is 1. The predicted octanol–water partition coefficient (Wildman–Crippen LogP) is 3.81. The smallest absolute Gasteiger partial charge is 0.252 e. The molecule has 3 aromatic heterocycles. The standard InChI is InChI=1S/C21H25N3O3S3/c1-30(26,27)18-14-29-17(19(18)21-23-9-12-28-21)5-4-15-6-10-24(11-7-15)13-16-3-2-8-22-20(16)25/h2-3,8-9,12,14-15H,4-7,10-11,13H2,1H3,(H,22,25). The number of rotatable bonds is 7. The molecular formula is C21H25N3O3S3. The Hall–Kier alpha value is -1.81. The zero-order chi connectivity index (χ0) is 21.1. The molecule has 0 spiro atoms. The van der Waals surface area contributed by atoms with Crippen molar-refractivity contribution >= 4 is 32.5 Å². The van der Waals surface area contributed by atoms with E-state index < -0.39 is 9.84 Å². The zero-order valence-electron chi connectivity index (χ0n) is 16.8. The van der Waals surface area contributed by atoms with Crippen molar-refractivity contribution < 1.29 is 8.42 Å². The van der Waals surface area contributed by atoms with E-state index in [1.165, 1.54) is 28.9 Å². The second kappa shape index (κ2) is 9.13. The summed E-state index contributed by atoms with van der Waals surface area (Å²) in [5, 5.41) is 4.44. The van der Waals surface area contributed by atoms with Gasteiger partial charge >= 0.3 is 0 Å². The summed E-state index contributed by atoms with van der Waals surface area (Å²) in [7, 11) is -3.28. The number of piperidine rings is 1. The van der Waals surface area contributed by atoms with Gasteiger partial charge in [0.2, 0.25) is 0 Å². The van der Waals surface area contributed by atoms with Gasteiger partial charge in [-0.3, -0.25) is 9.69 Å². The van der Waals surface area contributed by atoms with Crippen LogP contribution >= 0.6 is 22.7 Å². The predicted molar refractivity (Wildman–Crippen MR) is 122 cm³/mol. The Morgan fingerprint density at radius 3 is 2.73 bits per heavy atom. The quantitative estimate of drug-likeness (QED) is 0.576. The number of likely N-dealkylation sites (tertiary alicyclic amines) is 1. The van der Waals surface area contributed by atoms with Gasteiger partial charge in [-0.25, -0.2) is 13.4 Å². The minimum Gasteiger partial charge on any atom is -0.329 e. The van der Waals surface area contributed by atoms with Crippen LogP contribution in [0.15, 0.2) is 45.0 Å². The van der Waals surface area contributed by atoms with Gasteiger partial charge in [-0.15, -0.1) is 22.7 Å². The molecule has 9 heteroatoms. The highest BCUT2D eigenvalue weighted by atomic mass is 32.2. The van der Waals surface area contributed by atoms with Crippen LogP contribution in [0, 0.1) is 5.92 Å². The number of hydrogen-bond donors (Lipinski definition) is 1. The number of pyridine rings is 1. The van der Waals surface area contributed by atoms with E-state index in [0.29, 0.717) is 17.4 Å². The summed E-state index contributed by atoms with van der Waals surface area (Å²) in [6.45, 7) is 2.66. The van der Waals surface area contributed by atoms with Gasteiger partial charge in [0.1, 0.15) is 5.01 Å². The highest BCUT2D eigenvalue weighted by Crippen LogP contribution is 2.38. The molecule has 1 aliphatic heterocycles. The van der Waals surface area contributed by atoms with Crippen molar-refractivity contribution in [2.24, 2.45) is 5.92 Å². The second-order valence-electron chi connectivity index (χ2n) is 7.79. The number of aromatic nitrogens is 2. The first kappa shape index (κ1) is 21.4. The fourth-order valence-electron chi connectivity index (χ4n) is 4.00. The number of nitrogens with zero attached hydrogens (tertiary/aromatic N) is 2. The molecule has 1 saturated heterocycles. The number of aromatic amines is 1. The molecule has 30 heavy (non-hydrogen) atoms. The van der Waals surface area contributed by atoms with Crippen LogP contribution in [-0.4, -0.2) is 42.6 Å². The molecule has 3 aromatic rings. The fourth-order valence-corrected chi connectivity index (χ4v) is 7.28. The SMILES string of the molecule is CS(=O)(=O)c1csc(CCC2CCN(Cc3ccc[nH]c3=O)CC2)c1-c1nccs1. The van der Waals surface area contributed by atoms with Crippen molar-refractivity contribution in [2.45, 2.75) is 37.1 Å². The highest BCUT2D eigenvalue weighted by Gasteiger charge is 2.24. The van der Waals surface area contributed by atoms with Crippen molar-refractivity contribution in [3.8, 4) is 10.6 Å². The summed E-state index contributed by atoms with van der Waals surface area (Å²) in [4.78, 5) is 22.9. The molecule has 1 fully saturated rings. The monoisotopic (exact) mass is 463 g/mol. The van der Waals surface area contributed by atoms with Crippen LogP contribution in [0.2, 0.25) is 0 Å². The van der Waals surface area contributed by atoms with Crippen LogP contribution in [0.3, 0.4) is 0 Å². The maximum atomic E-state index is 12.2. The van der Waals surface area contributed by atoms with E-state index in [2.05, 4.69) is 14.9 Å². The van der Waals surface area contributed by atoms with Gasteiger partial charge in [0.25, 0.3) is 5.56 Å². The van der Waals surface area contributed by atoms with Gasteiger partial charge in [0, 0.05) is 52.0 Å². The molecule has 0 aliphatic carbocycles. The van der Waals surface area contributed by atoms with E-state index in [-0.39, 0.29) is 5.56 Å². The molecule has 4 heterocycles. The van der Waals surface area contributed by atoms with Crippen LogP contribution in [0.4, 0.5) is 0 Å². The second-order valence-corrected chi connectivity index (χ2v) is 11.6. The van der Waals surface area contributed by atoms with E-state index >= 15 is 0 Å². The van der Waals surface area contributed by atoms with E-state index in [9.17, 15) is 13.2 Å². The van der Waals surface area contributed by atoms with Gasteiger partial charge in [-0.2, -0.15) is 0 Å². The molecule has 0 bridgehead atoms. The van der Waals surface area contributed by atoms with Crippen LogP contribution < -0.4 is 5.56 Å². The van der Waals surface area contributed by atoms with Crippen molar-refractivity contribution in [3.63, 3.8) is 0 Å². The summed E-state index contributed by atoms with van der Waals surface area (Å²) in [6.07, 6.45) is 8.77. The average Bonchev–Trinajstić information content (AvgIpc) is 3.38. The molecule has 6 nitrogen and oxygen atoms in total. The fraction of sp³-hybridized carbons (Fsp3) is 0.429. The summed E-state index contributed by atoms with van der Waals surface area (Å²) in [5.74, 6) is 0.614. The molecule has 4 rings (SSSR count). The lowest BCUT2D eigenvalue weighted by Gasteiger charge is -2.31. The van der Waals surface area contributed by atoms with Gasteiger partial charge in [-0.05, 0) is 50.8 Å². The number of thiazole rings is 1. The van der Waals surface area contributed by atoms with Crippen LogP contribution in [0.5, 0.6) is 0 Å². The molecule has 1 aliphatic rings. The minimum atomic E-state index is -3.28. The topological polar surface area (TPSA) is 83.1 Å². The summed E-state index contributed by atoms with van der Waals surface area (Å²) in [6, 6.07) is 3.76. The first-order valence-electron chi connectivity index (χ1n) is 10.0. The molecule has 0 atom stereocenters. The zero-order valence-corrected chi connectivity index (χ0v) is 19.3. The molecule has 1 N–H and O–H groups in total. The van der Waals surface area contributed by atoms with Crippen molar-refractivity contribution in [1.29, 1.82) is 0 Å². The minimum absolute atomic E-state index is 0.00582. The maximum Gasteiger partial charge on any atom is 0.252 e. The van der Waals surface area contributed by atoms with Gasteiger partial charge in [-0.1, -0.05) is 6.07 Å². The van der Waals surface area contributed by atoms with Gasteiger partial charge in [0.05, 0.1) is 4.90 Å². The summed E-state index contributed by atoms with van der Waals surface area (Å²) < 4.78 is 24.5. The Balaban J connectivity index is 1.38.